The van der Waals surface area contributed by atoms with Crippen LogP contribution in [0.25, 0.3) is 5.65 Å². The molecule has 2 aromatic heterocycles. The minimum atomic E-state index is 0.337. The van der Waals surface area contributed by atoms with Gasteiger partial charge in [0.25, 0.3) is 0 Å². The van der Waals surface area contributed by atoms with Crippen LogP contribution in [0.3, 0.4) is 0 Å². The minimum absolute atomic E-state index is 0.337. The molecule has 0 radical (unpaired) electrons. The van der Waals surface area contributed by atoms with E-state index in [1.807, 2.05) is 35.7 Å². The highest BCUT2D eigenvalue weighted by Crippen LogP contribution is 2.31. The lowest BCUT2D eigenvalue weighted by atomic mass is 9.88. The molecule has 7 heteroatoms. The Morgan fingerprint density at radius 1 is 1.14 bits per heavy atom. The van der Waals surface area contributed by atoms with Gasteiger partial charge in [-0.25, -0.2) is 4.99 Å². The van der Waals surface area contributed by atoms with Crippen LogP contribution in [0.5, 0.6) is 5.75 Å². The van der Waals surface area contributed by atoms with E-state index in [9.17, 15) is 5.11 Å². The van der Waals surface area contributed by atoms with E-state index < -0.39 is 0 Å². The first-order valence-corrected chi connectivity index (χ1v) is 9.89. The summed E-state index contributed by atoms with van der Waals surface area (Å²) in [5.74, 6) is 1.85. The second-order valence-corrected chi connectivity index (χ2v) is 7.00. The summed E-state index contributed by atoms with van der Waals surface area (Å²) in [7, 11) is 0. The molecule has 4 rings (SSSR count). The molecule has 3 aromatic rings. The van der Waals surface area contributed by atoms with E-state index in [1.165, 1.54) is 24.0 Å². The van der Waals surface area contributed by atoms with Crippen molar-refractivity contribution in [2.45, 2.75) is 45.7 Å². The van der Waals surface area contributed by atoms with E-state index in [0.29, 0.717) is 24.8 Å². The molecule has 0 spiro atoms. The third kappa shape index (κ3) is 3.78. The number of aliphatic imine (C=N–C) groups is 1. The first-order valence-electron chi connectivity index (χ1n) is 9.89. The van der Waals surface area contributed by atoms with Gasteiger partial charge in [-0.15, -0.1) is 10.2 Å². The number of benzene rings is 1. The number of hydrogen-bond acceptors (Lipinski definition) is 4. The second-order valence-electron chi connectivity index (χ2n) is 7.00. The molecule has 0 fully saturated rings. The normalized spacial score (nSPS) is 14.1. The van der Waals surface area contributed by atoms with Crippen molar-refractivity contribution in [3.63, 3.8) is 0 Å². The Labute approximate surface area is 164 Å². The van der Waals surface area contributed by atoms with Crippen LogP contribution < -0.4 is 10.6 Å². The van der Waals surface area contributed by atoms with Gasteiger partial charge in [0.15, 0.2) is 17.4 Å². The first kappa shape index (κ1) is 18.3. The van der Waals surface area contributed by atoms with Crippen LogP contribution in [-0.2, 0) is 25.9 Å². The highest BCUT2D eigenvalue weighted by molar-refractivity contribution is 5.79. The number of hydrogen-bond donors (Lipinski definition) is 3. The molecule has 0 unspecified atom stereocenters. The quantitative estimate of drug-likeness (QED) is 0.469. The SMILES string of the molecule is CCNC(=NCc1c(O)ccc2c1CCCC2)NCc1nnc2ccccn12. The van der Waals surface area contributed by atoms with Gasteiger partial charge < -0.3 is 15.7 Å². The zero-order valence-electron chi connectivity index (χ0n) is 16.1. The Hall–Kier alpha value is -3.09. The predicted molar refractivity (Wildman–Crippen MR) is 109 cm³/mol. The first-order chi connectivity index (χ1) is 13.8. The Bertz CT molecular complexity index is 994. The molecule has 7 nitrogen and oxygen atoms in total. The maximum absolute atomic E-state index is 10.4. The summed E-state index contributed by atoms with van der Waals surface area (Å²) in [4.78, 5) is 4.71. The minimum Gasteiger partial charge on any atom is -0.508 e. The van der Waals surface area contributed by atoms with Gasteiger partial charge in [-0.2, -0.15) is 0 Å². The molecule has 0 saturated heterocycles. The number of aromatic nitrogens is 3. The van der Waals surface area contributed by atoms with Crippen molar-refractivity contribution >= 4 is 11.6 Å². The van der Waals surface area contributed by atoms with Crippen molar-refractivity contribution in [3.05, 3.63) is 59.0 Å². The molecule has 0 saturated carbocycles. The molecule has 1 aliphatic carbocycles. The highest BCUT2D eigenvalue weighted by Gasteiger charge is 2.16. The molecule has 0 atom stereocenters. The van der Waals surface area contributed by atoms with Crippen LogP contribution in [-0.4, -0.2) is 32.2 Å². The van der Waals surface area contributed by atoms with Crippen LogP contribution in [0.4, 0.5) is 0 Å². The third-order valence-corrected chi connectivity index (χ3v) is 5.16. The van der Waals surface area contributed by atoms with Gasteiger partial charge in [0.2, 0.25) is 0 Å². The fourth-order valence-corrected chi connectivity index (χ4v) is 3.74. The summed E-state index contributed by atoms with van der Waals surface area (Å²) in [6.07, 6.45) is 6.45. The zero-order chi connectivity index (χ0) is 19.3. The molecule has 0 bridgehead atoms. The summed E-state index contributed by atoms with van der Waals surface area (Å²) in [5.41, 5.74) is 4.39. The van der Waals surface area contributed by atoms with E-state index in [2.05, 4.69) is 26.9 Å². The number of phenols is 1. The van der Waals surface area contributed by atoms with Crippen LogP contribution >= 0.6 is 0 Å². The largest absolute Gasteiger partial charge is 0.508 e. The van der Waals surface area contributed by atoms with E-state index in [0.717, 1.165) is 36.4 Å². The maximum Gasteiger partial charge on any atom is 0.191 e. The fourth-order valence-electron chi connectivity index (χ4n) is 3.74. The van der Waals surface area contributed by atoms with Crippen molar-refractivity contribution in [2.75, 3.05) is 6.54 Å². The van der Waals surface area contributed by atoms with Crippen LogP contribution in [0.2, 0.25) is 0 Å². The fraction of sp³-hybridized carbons (Fsp3) is 0.381. The lowest BCUT2D eigenvalue weighted by molar-refractivity contribution is 0.465. The van der Waals surface area contributed by atoms with Crippen molar-refractivity contribution < 1.29 is 5.11 Å². The Morgan fingerprint density at radius 3 is 2.93 bits per heavy atom. The van der Waals surface area contributed by atoms with Crippen LogP contribution in [0, 0.1) is 0 Å². The molecular weight excluding hydrogens is 352 g/mol. The number of nitrogens with one attached hydrogen (secondary N) is 2. The van der Waals surface area contributed by atoms with Gasteiger partial charge in [0.05, 0.1) is 13.1 Å². The topological polar surface area (TPSA) is 86.8 Å². The Balaban J connectivity index is 1.51. The van der Waals surface area contributed by atoms with E-state index >= 15 is 0 Å². The zero-order valence-corrected chi connectivity index (χ0v) is 16.1. The standard InChI is InChI=1S/C21H26N6O/c1-2-22-21(24-14-20-26-25-19-9-5-6-12-27(19)20)23-13-17-16-8-4-3-7-15(16)10-11-18(17)28/h5-6,9-12,28H,2-4,7-8,13-14H2,1H3,(H2,22,23,24). The maximum atomic E-state index is 10.4. The summed E-state index contributed by atoms with van der Waals surface area (Å²) in [6.45, 7) is 3.75. The number of rotatable bonds is 5. The molecular formula is C21H26N6O. The number of aromatic hydroxyl groups is 1. The molecule has 0 amide bonds. The van der Waals surface area contributed by atoms with Gasteiger partial charge in [-0.1, -0.05) is 12.1 Å². The molecule has 0 aliphatic heterocycles. The Kier molecular flexibility index (Phi) is 5.41. The lowest BCUT2D eigenvalue weighted by Crippen LogP contribution is -2.37. The molecule has 1 aromatic carbocycles. The van der Waals surface area contributed by atoms with Gasteiger partial charge >= 0.3 is 0 Å². The van der Waals surface area contributed by atoms with Gasteiger partial charge in [0.1, 0.15) is 5.75 Å². The molecule has 3 N–H and O–H groups in total. The van der Waals surface area contributed by atoms with Gasteiger partial charge in [-0.05, 0) is 61.9 Å². The smallest absolute Gasteiger partial charge is 0.191 e. The predicted octanol–water partition coefficient (Wildman–Crippen LogP) is 2.57. The lowest BCUT2D eigenvalue weighted by Gasteiger charge is -2.20. The number of aryl methyl sites for hydroxylation is 1. The van der Waals surface area contributed by atoms with Crippen LogP contribution in [0.1, 0.15) is 42.3 Å². The summed E-state index contributed by atoms with van der Waals surface area (Å²) in [6, 6.07) is 9.69. The van der Waals surface area contributed by atoms with Crippen molar-refractivity contribution in [1.29, 1.82) is 0 Å². The molecule has 2 heterocycles. The average molecular weight is 378 g/mol. The van der Waals surface area contributed by atoms with Gasteiger partial charge in [-0.3, -0.25) is 4.40 Å². The number of phenolic OH excluding ortho intramolecular Hbond substituents is 1. The number of guanidine groups is 1. The van der Waals surface area contributed by atoms with Crippen molar-refractivity contribution in [1.82, 2.24) is 25.2 Å². The third-order valence-electron chi connectivity index (χ3n) is 5.16. The van der Waals surface area contributed by atoms with Crippen molar-refractivity contribution in [3.8, 4) is 5.75 Å². The Morgan fingerprint density at radius 2 is 2.04 bits per heavy atom. The molecule has 28 heavy (non-hydrogen) atoms. The summed E-state index contributed by atoms with van der Waals surface area (Å²) >= 11 is 0. The summed E-state index contributed by atoms with van der Waals surface area (Å²) in [5, 5.41) is 25.4. The number of nitrogens with zero attached hydrogens (tertiary/aromatic N) is 4. The average Bonchev–Trinajstić information content (AvgIpc) is 3.14. The van der Waals surface area contributed by atoms with Crippen molar-refractivity contribution in [2.24, 2.45) is 4.99 Å². The molecule has 1 aliphatic rings. The summed E-state index contributed by atoms with van der Waals surface area (Å²) < 4.78 is 1.95. The second kappa shape index (κ2) is 8.29. The number of pyridine rings is 1. The van der Waals surface area contributed by atoms with Gasteiger partial charge in [0, 0.05) is 18.3 Å². The van der Waals surface area contributed by atoms with Crippen LogP contribution in [0.15, 0.2) is 41.5 Å². The van der Waals surface area contributed by atoms with E-state index in [-0.39, 0.29) is 0 Å². The number of fused-ring (bicyclic) bond motifs is 2. The monoisotopic (exact) mass is 378 g/mol. The van der Waals surface area contributed by atoms with E-state index in [1.54, 1.807) is 6.07 Å². The highest BCUT2D eigenvalue weighted by atomic mass is 16.3. The van der Waals surface area contributed by atoms with E-state index in [4.69, 9.17) is 4.99 Å². The molecule has 146 valence electrons.